The first-order valence-corrected chi connectivity index (χ1v) is 12.5. The van der Waals surface area contributed by atoms with Crippen molar-refractivity contribution in [1.29, 1.82) is 0 Å². The van der Waals surface area contributed by atoms with Crippen LogP contribution in [0.5, 0.6) is 0 Å². The Bertz CT molecular complexity index is 1340. The molecule has 1 N–H and O–H groups in total. The minimum Gasteiger partial charge on any atom is -0.298 e. The predicted octanol–water partition coefficient (Wildman–Crippen LogP) is 5.59. The van der Waals surface area contributed by atoms with E-state index in [0.29, 0.717) is 21.3 Å². The van der Waals surface area contributed by atoms with Crippen LogP contribution in [0.25, 0.3) is 0 Å². The van der Waals surface area contributed by atoms with E-state index in [4.69, 9.17) is 23.2 Å². The molecule has 0 aliphatic carbocycles. The Morgan fingerprint density at radius 2 is 1.85 bits per heavy atom. The second-order valence-corrected chi connectivity index (χ2v) is 10.6. The zero-order valence-corrected chi connectivity index (χ0v) is 20.8. The smallest absolute Gasteiger partial charge is 0.266 e. The molecule has 0 radical (unpaired) electrons. The molecule has 1 aromatic heterocycles. The number of nitrogens with one attached hydrogen (secondary N) is 1. The van der Waals surface area contributed by atoms with Crippen LogP contribution in [0.4, 0.5) is 10.8 Å². The number of anilines is 2. The van der Waals surface area contributed by atoms with E-state index in [1.807, 2.05) is 0 Å². The van der Waals surface area contributed by atoms with Crippen molar-refractivity contribution >= 4 is 67.1 Å². The van der Waals surface area contributed by atoms with Gasteiger partial charge in [-0.15, -0.1) is 6.58 Å². The average Bonchev–Trinajstić information content (AvgIpc) is 3.13. The van der Waals surface area contributed by atoms with Gasteiger partial charge in [0.05, 0.1) is 27.8 Å². The van der Waals surface area contributed by atoms with Crippen LogP contribution in [0.3, 0.4) is 0 Å². The molecule has 3 rings (SSSR count). The number of aryl methyl sites for hydroxylation is 1. The number of thiazole rings is 1. The van der Waals surface area contributed by atoms with Gasteiger partial charge in [-0.05, 0) is 49.4 Å². The summed E-state index contributed by atoms with van der Waals surface area (Å²) in [5, 5.41) is 3.24. The Hall–Kier alpha value is -2.72. The van der Waals surface area contributed by atoms with Gasteiger partial charge in [0.25, 0.3) is 15.9 Å². The Labute approximate surface area is 205 Å². The Kier molecular flexibility index (Phi) is 7.58. The standard InChI is InChI=1S/C22H19Cl2N3O4S2/c1-4-11-27(17-8-6-16(23)7-9-17)33(30,31)19-12-15(5-10-18(19)24)21(29)26-22-25-13(2)20(32-22)14(3)28/h4-10,12H,1,11H2,2-3H3,(H,25,26,29). The first kappa shape index (κ1) is 24.9. The van der Waals surface area contributed by atoms with E-state index in [1.165, 1.54) is 31.2 Å². The fourth-order valence-electron chi connectivity index (χ4n) is 2.97. The van der Waals surface area contributed by atoms with E-state index in [2.05, 4.69) is 16.9 Å². The van der Waals surface area contributed by atoms with E-state index in [0.717, 1.165) is 15.6 Å². The van der Waals surface area contributed by atoms with Gasteiger partial charge in [-0.25, -0.2) is 13.4 Å². The van der Waals surface area contributed by atoms with Gasteiger partial charge < -0.3 is 0 Å². The summed E-state index contributed by atoms with van der Waals surface area (Å²) in [4.78, 5) is 28.8. The van der Waals surface area contributed by atoms with E-state index >= 15 is 0 Å². The van der Waals surface area contributed by atoms with Crippen LogP contribution >= 0.6 is 34.5 Å². The summed E-state index contributed by atoms with van der Waals surface area (Å²) in [6, 6.07) is 10.2. The van der Waals surface area contributed by atoms with Gasteiger partial charge in [0.1, 0.15) is 4.90 Å². The molecule has 2 aromatic carbocycles. The molecular formula is C22H19Cl2N3O4S2. The minimum atomic E-state index is -4.15. The van der Waals surface area contributed by atoms with Crippen molar-refractivity contribution in [2.45, 2.75) is 18.7 Å². The van der Waals surface area contributed by atoms with Crippen molar-refractivity contribution in [2.24, 2.45) is 0 Å². The molecule has 1 amide bonds. The van der Waals surface area contributed by atoms with Crippen LogP contribution < -0.4 is 9.62 Å². The van der Waals surface area contributed by atoms with Crippen LogP contribution in [0.2, 0.25) is 10.0 Å². The number of hydrogen-bond acceptors (Lipinski definition) is 6. The summed E-state index contributed by atoms with van der Waals surface area (Å²) < 4.78 is 28.0. The molecule has 0 spiro atoms. The van der Waals surface area contributed by atoms with Crippen molar-refractivity contribution in [3.63, 3.8) is 0 Å². The molecule has 0 saturated heterocycles. The topological polar surface area (TPSA) is 96.4 Å². The number of halogens is 2. The summed E-state index contributed by atoms with van der Waals surface area (Å²) in [5.74, 6) is -0.747. The third kappa shape index (κ3) is 5.44. The molecule has 0 atom stereocenters. The Morgan fingerprint density at radius 3 is 2.42 bits per heavy atom. The molecular weight excluding hydrogens is 505 g/mol. The lowest BCUT2D eigenvalue weighted by Gasteiger charge is -2.24. The zero-order valence-electron chi connectivity index (χ0n) is 17.6. The fourth-order valence-corrected chi connectivity index (χ4v) is 5.90. The molecule has 1 heterocycles. The number of benzene rings is 2. The highest BCUT2D eigenvalue weighted by atomic mass is 35.5. The molecule has 0 aliphatic heterocycles. The fraction of sp³-hybridized carbons (Fsp3) is 0.136. The SMILES string of the molecule is C=CCN(c1ccc(Cl)cc1)S(=O)(=O)c1cc(C(=O)Nc2nc(C)c(C(C)=O)s2)ccc1Cl. The lowest BCUT2D eigenvalue weighted by molar-refractivity contribution is 0.101. The normalized spacial score (nSPS) is 11.2. The van der Waals surface area contributed by atoms with Gasteiger partial charge in [-0.3, -0.25) is 19.2 Å². The first-order chi connectivity index (χ1) is 15.5. The lowest BCUT2D eigenvalue weighted by Crippen LogP contribution is -2.31. The molecule has 7 nitrogen and oxygen atoms in total. The highest BCUT2D eigenvalue weighted by molar-refractivity contribution is 7.93. The largest absolute Gasteiger partial charge is 0.298 e. The lowest BCUT2D eigenvalue weighted by atomic mass is 10.2. The van der Waals surface area contributed by atoms with Crippen molar-refractivity contribution in [3.05, 3.63) is 81.3 Å². The van der Waals surface area contributed by atoms with Crippen LogP contribution in [0.15, 0.2) is 60.0 Å². The second kappa shape index (κ2) is 10.0. The van der Waals surface area contributed by atoms with Gasteiger partial charge in [0.15, 0.2) is 10.9 Å². The van der Waals surface area contributed by atoms with Gasteiger partial charge in [0.2, 0.25) is 0 Å². The highest BCUT2D eigenvalue weighted by Crippen LogP contribution is 2.31. The van der Waals surface area contributed by atoms with Crippen LogP contribution in [-0.4, -0.2) is 31.6 Å². The number of Topliss-reactive ketones (excluding diaryl/α,β-unsaturated/α-hetero) is 1. The average molecular weight is 524 g/mol. The Morgan fingerprint density at radius 1 is 1.18 bits per heavy atom. The van der Waals surface area contributed by atoms with Crippen molar-refractivity contribution in [3.8, 4) is 0 Å². The molecule has 0 saturated carbocycles. The van der Waals surface area contributed by atoms with E-state index in [-0.39, 0.29) is 32.9 Å². The van der Waals surface area contributed by atoms with Gasteiger partial charge in [0, 0.05) is 17.5 Å². The molecule has 172 valence electrons. The molecule has 11 heteroatoms. The summed E-state index contributed by atoms with van der Waals surface area (Å²) >= 11 is 13.2. The number of carbonyl (C=O) groups excluding carboxylic acids is 2. The predicted molar refractivity (Wildman–Crippen MR) is 132 cm³/mol. The van der Waals surface area contributed by atoms with E-state index in [9.17, 15) is 18.0 Å². The van der Waals surface area contributed by atoms with Gasteiger partial charge in [-0.2, -0.15) is 0 Å². The molecule has 3 aromatic rings. The van der Waals surface area contributed by atoms with Crippen LogP contribution in [-0.2, 0) is 10.0 Å². The monoisotopic (exact) mass is 523 g/mol. The van der Waals surface area contributed by atoms with E-state index in [1.54, 1.807) is 31.2 Å². The number of amides is 1. The maximum absolute atomic E-state index is 13.5. The number of carbonyl (C=O) groups is 2. The van der Waals surface area contributed by atoms with Gasteiger partial charge >= 0.3 is 0 Å². The third-order valence-electron chi connectivity index (χ3n) is 4.51. The minimum absolute atomic E-state index is 0.0249. The number of sulfonamides is 1. The van der Waals surface area contributed by atoms with E-state index < -0.39 is 15.9 Å². The summed E-state index contributed by atoms with van der Waals surface area (Å²) in [5.41, 5.74) is 0.926. The maximum atomic E-state index is 13.5. The summed E-state index contributed by atoms with van der Waals surface area (Å²) in [7, 11) is -4.15. The first-order valence-electron chi connectivity index (χ1n) is 9.53. The quantitative estimate of drug-likeness (QED) is 0.306. The molecule has 0 bridgehead atoms. The van der Waals surface area contributed by atoms with Crippen LogP contribution in [0, 0.1) is 6.92 Å². The molecule has 0 fully saturated rings. The zero-order chi connectivity index (χ0) is 24.3. The number of aromatic nitrogens is 1. The van der Waals surface area contributed by atoms with Crippen LogP contribution in [0.1, 0.15) is 32.6 Å². The number of rotatable bonds is 8. The third-order valence-corrected chi connectivity index (χ3v) is 8.21. The molecule has 0 unspecified atom stereocenters. The number of hydrogen-bond donors (Lipinski definition) is 1. The summed E-state index contributed by atoms with van der Waals surface area (Å²) in [6.07, 6.45) is 1.44. The van der Waals surface area contributed by atoms with Crippen molar-refractivity contribution in [2.75, 3.05) is 16.2 Å². The van der Waals surface area contributed by atoms with Crippen molar-refractivity contribution in [1.82, 2.24) is 4.98 Å². The maximum Gasteiger partial charge on any atom is 0.266 e. The number of ketones is 1. The molecule has 33 heavy (non-hydrogen) atoms. The van der Waals surface area contributed by atoms with Crippen molar-refractivity contribution < 1.29 is 18.0 Å². The van der Waals surface area contributed by atoms with Gasteiger partial charge in [-0.1, -0.05) is 40.6 Å². The second-order valence-electron chi connectivity index (χ2n) is 6.89. The summed E-state index contributed by atoms with van der Waals surface area (Å²) in [6.45, 7) is 6.69. The Balaban J connectivity index is 1.97. The molecule has 0 aliphatic rings. The highest BCUT2D eigenvalue weighted by Gasteiger charge is 2.28. The number of nitrogens with zero attached hydrogens (tertiary/aromatic N) is 2.